The minimum Gasteiger partial charge on any atom is -0.339 e. The Kier molecular flexibility index (Phi) is 4.52. The van der Waals surface area contributed by atoms with Crippen molar-refractivity contribution in [3.05, 3.63) is 47.6 Å². The number of hydrogen-bond donors (Lipinski definition) is 2. The first-order valence-corrected chi connectivity index (χ1v) is 10.6. The Labute approximate surface area is 161 Å². The molecule has 0 unspecified atom stereocenters. The molecule has 0 amide bonds. The molecule has 144 valence electrons. The molecule has 0 spiro atoms. The van der Waals surface area contributed by atoms with Gasteiger partial charge in [-0.1, -0.05) is 35.5 Å². The molecule has 2 atom stereocenters. The Morgan fingerprint density at radius 1 is 1.11 bits per heavy atom. The molecular formula is C22H30N4O. The third-order valence-electron chi connectivity index (χ3n) is 6.87. The first-order chi connectivity index (χ1) is 13.2. The van der Waals surface area contributed by atoms with Crippen molar-refractivity contribution in [3.63, 3.8) is 0 Å². The van der Waals surface area contributed by atoms with Gasteiger partial charge in [0, 0.05) is 36.4 Å². The van der Waals surface area contributed by atoms with E-state index in [-0.39, 0.29) is 5.41 Å². The molecule has 3 aliphatic rings. The minimum atomic E-state index is 0.112. The van der Waals surface area contributed by atoms with Gasteiger partial charge < -0.3 is 15.6 Å². The van der Waals surface area contributed by atoms with Crippen LogP contribution in [0.2, 0.25) is 0 Å². The average Bonchev–Trinajstić information content (AvgIpc) is 3.61. The lowest BCUT2D eigenvalue weighted by Crippen LogP contribution is -2.30. The molecule has 3 aliphatic carbocycles. The summed E-state index contributed by atoms with van der Waals surface area (Å²) in [6, 6.07) is 11.8. The van der Waals surface area contributed by atoms with Gasteiger partial charge in [-0.3, -0.25) is 0 Å². The average molecular weight is 367 g/mol. The molecule has 1 heterocycles. The number of rotatable bonds is 7. The maximum atomic E-state index is 6.01. The molecule has 0 aliphatic heterocycles. The molecule has 3 fully saturated rings. The Morgan fingerprint density at radius 3 is 2.63 bits per heavy atom. The van der Waals surface area contributed by atoms with Gasteiger partial charge >= 0.3 is 0 Å². The predicted molar refractivity (Wildman–Crippen MR) is 104 cm³/mol. The van der Waals surface area contributed by atoms with Crippen molar-refractivity contribution in [2.75, 3.05) is 6.54 Å². The van der Waals surface area contributed by atoms with Gasteiger partial charge in [0.25, 0.3) is 0 Å². The van der Waals surface area contributed by atoms with Crippen LogP contribution in [0.15, 0.2) is 34.9 Å². The zero-order valence-corrected chi connectivity index (χ0v) is 15.9. The van der Waals surface area contributed by atoms with Gasteiger partial charge in [-0.05, 0) is 56.4 Å². The van der Waals surface area contributed by atoms with E-state index >= 15 is 0 Å². The fourth-order valence-electron chi connectivity index (χ4n) is 4.64. The zero-order chi connectivity index (χ0) is 18.3. The molecule has 3 saturated carbocycles. The lowest BCUT2D eigenvalue weighted by atomic mass is 9.84. The van der Waals surface area contributed by atoms with Crippen LogP contribution in [-0.4, -0.2) is 28.8 Å². The van der Waals surface area contributed by atoms with Gasteiger partial charge in [0.2, 0.25) is 5.89 Å². The standard InChI is InChI=1S/C22H30N4O/c23-17-8-6-15(7-9-17)12-20-25-21(26-27-20)22(10-11-22)14-24-19-13-18(19)16-4-2-1-3-5-16/h1-5,15,17-19,24H,6-14,23H2/t15-,17-,18-,19+/m0/s1. The van der Waals surface area contributed by atoms with E-state index < -0.39 is 0 Å². The van der Waals surface area contributed by atoms with Crippen molar-refractivity contribution in [1.82, 2.24) is 15.5 Å². The molecule has 5 heteroatoms. The predicted octanol–water partition coefficient (Wildman–Crippen LogP) is 3.31. The Balaban J connectivity index is 1.14. The molecule has 5 rings (SSSR count). The first kappa shape index (κ1) is 17.4. The number of benzene rings is 1. The molecule has 1 aromatic carbocycles. The van der Waals surface area contributed by atoms with Gasteiger partial charge in [-0.15, -0.1) is 0 Å². The molecule has 1 aromatic heterocycles. The van der Waals surface area contributed by atoms with E-state index in [9.17, 15) is 0 Å². The summed E-state index contributed by atoms with van der Waals surface area (Å²) in [4.78, 5) is 4.78. The summed E-state index contributed by atoms with van der Waals surface area (Å²) in [5.74, 6) is 3.07. The van der Waals surface area contributed by atoms with Gasteiger partial charge in [0.15, 0.2) is 5.82 Å². The second kappa shape index (κ2) is 7.02. The summed E-state index contributed by atoms with van der Waals surface area (Å²) in [6.45, 7) is 0.970. The number of nitrogens with zero attached hydrogens (tertiary/aromatic N) is 2. The Hall–Kier alpha value is -1.72. The van der Waals surface area contributed by atoms with Crippen molar-refractivity contribution in [2.45, 2.75) is 74.8 Å². The van der Waals surface area contributed by atoms with Crippen LogP contribution in [0.3, 0.4) is 0 Å². The quantitative estimate of drug-likeness (QED) is 0.786. The lowest BCUT2D eigenvalue weighted by Gasteiger charge is -2.24. The smallest absolute Gasteiger partial charge is 0.226 e. The van der Waals surface area contributed by atoms with Crippen LogP contribution >= 0.6 is 0 Å². The lowest BCUT2D eigenvalue weighted by molar-refractivity contribution is 0.287. The zero-order valence-electron chi connectivity index (χ0n) is 15.9. The summed E-state index contributed by atoms with van der Waals surface area (Å²) in [5.41, 5.74) is 7.58. The normalized spacial score (nSPS) is 31.6. The molecule has 5 nitrogen and oxygen atoms in total. The summed E-state index contributed by atoms with van der Waals surface area (Å²) < 4.78 is 5.61. The Bertz CT molecular complexity index is 762. The second-order valence-corrected chi connectivity index (χ2v) is 9.02. The summed E-state index contributed by atoms with van der Waals surface area (Å²) in [7, 11) is 0. The molecule has 27 heavy (non-hydrogen) atoms. The minimum absolute atomic E-state index is 0.112. The molecule has 0 saturated heterocycles. The molecule has 0 radical (unpaired) electrons. The van der Waals surface area contributed by atoms with E-state index in [0.29, 0.717) is 23.9 Å². The molecular weight excluding hydrogens is 336 g/mol. The fraction of sp³-hybridized carbons (Fsp3) is 0.636. The highest BCUT2D eigenvalue weighted by Crippen LogP contribution is 2.48. The maximum absolute atomic E-state index is 6.01. The molecule has 2 aromatic rings. The van der Waals surface area contributed by atoms with E-state index in [2.05, 4.69) is 40.8 Å². The molecule has 0 bridgehead atoms. The van der Waals surface area contributed by atoms with E-state index in [0.717, 1.165) is 37.5 Å². The van der Waals surface area contributed by atoms with Crippen molar-refractivity contribution in [3.8, 4) is 0 Å². The largest absolute Gasteiger partial charge is 0.339 e. The number of nitrogens with two attached hydrogens (primary N) is 1. The van der Waals surface area contributed by atoms with Gasteiger partial charge in [0.1, 0.15) is 0 Å². The number of hydrogen-bond acceptors (Lipinski definition) is 5. The maximum Gasteiger partial charge on any atom is 0.226 e. The number of nitrogens with one attached hydrogen (secondary N) is 1. The van der Waals surface area contributed by atoms with Crippen molar-refractivity contribution < 1.29 is 4.52 Å². The highest BCUT2D eigenvalue weighted by molar-refractivity contribution is 5.28. The SMILES string of the molecule is N[C@H]1CC[C@H](Cc2nc(C3(CN[C@@H]4C[C@H]4c4ccccc4)CC3)no2)CC1. The number of aromatic nitrogens is 2. The van der Waals surface area contributed by atoms with Crippen LogP contribution in [0.4, 0.5) is 0 Å². The summed E-state index contributed by atoms with van der Waals surface area (Å²) >= 11 is 0. The van der Waals surface area contributed by atoms with E-state index in [1.165, 1.54) is 37.7 Å². The first-order valence-electron chi connectivity index (χ1n) is 10.6. The Morgan fingerprint density at radius 2 is 1.89 bits per heavy atom. The fourth-order valence-corrected chi connectivity index (χ4v) is 4.64. The topological polar surface area (TPSA) is 77.0 Å². The van der Waals surface area contributed by atoms with Gasteiger partial charge in [-0.2, -0.15) is 4.98 Å². The van der Waals surface area contributed by atoms with Crippen molar-refractivity contribution >= 4 is 0 Å². The summed E-state index contributed by atoms with van der Waals surface area (Å²) in [6.07, 6.45) is 9.12. The summed E-state index contributed by atoms with van der Waals surface area (Å²) in [5, 5.41) is 8.12. The van der Waals surface area contributed by atoms with Crippen LogP contribution in [-0.2, 0) is 11.8 Å². The van der Waals surface area contributed by atoms with Crippen LogP contribution in [0, 0.1) is 5.92 Å². The second-order valence-electron chi connectivity index (χ2n) is 9.02. The van der Waals surface area contributed by atoms with Crippen LogP contribution in [0.5, 0.6) is 0 Å². The third kappa shape index (κ3) is 3.81. The highest BCUT2D eigenvalue weighted by atomic mass is 16.5. The molecule has 3 N–H and O–H groups in total. The third-order valence-corrected chi connectivity index (χ3v) is 6.87. The van der Waals surface area contributed by atoms with Gasteiger partial charge in [-0.25, -0.2) is 0 Å². The van der Waals surface area contributed by atoms with Crippen LogP contribution in [0.1, 0.15) is 68.1 Å². The highest BCUT2D eigenvalue weighted by Gasteiger charge is 2.50. The van der Waals surface area contributed by atoms with Gasteiger partial charge in [0.05, 0.1) is 0 Å². The van der Waals surface area contributed by atoms with E-state index in [1.54, 1.807) is 0 Å². The van der Waals surface area contributed by atoms with E-state index in [4.69, 9.17) is 15.2 Å². The van der Waals surface area contributed by atoms with Crippen LogP contribution in [0.25, 0.3) is 0 Å². The van der Waals surface area contributed by atoms with Crippen LogP contribution < -0.4 is 11.1 Å². The van der Waals surface area contributed by atoms with E-state index in [1.807, 2.05) is 0 Å². The monoisotopic (exact) mass is 366 g/mol. The van der Waals surface area contributed by atoms with Crippen molar-refractivity contribution in [1.29, 1.82) is 0 Å². The van der Waals surface area contributed by atoms with Crippen molar-refractivity contribution in [2.24, 2.45) is 11.7 Å².